The van der Waals surface area contributed by atoms with Crippen LogP contribution in [-0.2, 0) is 0 Å². The molecule has 1 aromatic rings. The molecule has 0 atom stereocenters. The molecule has 0 radical (unpaired) electrons. The van der Waals surface area contributed by atoms with Gasteiger partial charge in [-0.15, -0.1) is 0 Å². The average Bonchev–Trinajstić information content (AvgIpc) is 2.78. The van der Waals surface area contributed by atoms with E-state index in [2.05, 4.69) is 0 Å². The van der Waals surface area contributed by atoms with Gasteiger partial charge < -0.3 is 15.2 Å². The topological polar surface area (TPSA) is 44.5 Å². The van der Waals surface area contributed by atoms with E-state index in [0.717, 1.165) is 30.8 Å². The Morgan fingerprint density at radius 1 is 1.22 bits per heavy atom. The maximum atomic E-state index is 6.31. The molecule has 0 spiro atoms. The molecule has 0 aromatic heterocycles. The van der Waals surface area contributed by atoms with Crippen molar-refractivity contribution in [1.29, 1.82) is 0 Å². The predicted octanol–water partition coefficient (Wildman–Crippen LogP) is 3.04. The molecule has 1 aliphatic rings. The maximum Gasteiger partial charge on any atom is 0.161 e. The molecule has 2 N–H and O–H groups in total. The normalized spacial score (nSPS) is 17.7. The van der Waals surface area contributed by atoms with Crippen molar-refractivity contribution in [3.05, 3.63) is 23.8 Å². The molecule has 3 heteroatoms. The summed E-state index contributed by atoms with van der Waals surface area (Å²) in [5.41, 5.74) is 7.48. The second kappa shape index (κ2) is 5.61. The Kier molecular flexibility index (Phi) is 4.12. The zero-order valence-electron chi connectivity index (χ0n) is 11.4. The van der Waals surface area contributed by atoms with Gasteiger partial charge in [-0.25, -0.2) is 0 Å². The third-order valence-electron chi connectivity index (χ3n) is 3.78. The summed E-state index contributed by atoms with van der Waals surface area (Å²) in [5.74, 6) is 1.61. The molecule has 1 aliphatic carbocycles. The fraction of sp³-hybridized carbons (Fsp3) is 0.600. The first-order chi connectivity index (χ1) is 8.63. The lowest BCUT2D eigenvalue weighted by Crippen LogP contribution is -2.37. The van der Waals surface area contributed by atoms with Crippen LogP contribution in [0.15, 0.2) is 18.2 Å². The molecule has 0 unspecified atom stereocenters. The van der Waals surface area contributed by atoms with Crippen LogP contribution in [0.3, 0.4) is 0 Å². The quantitative estimate of drug-likeness (QED) is 0.872. The van der Waals surface area contributed by atoms with Crippen molar-refractivity contribution < 1.29 is 9.47 Å². The first-order valence-electron chi connectivity index (χ1n) is 6.69. The van der Waals surface area contributed by atoms with Crippen molar-refractivity contribution >= 4 is 0 Å². The molecule has 0 bridgehead atoms. The monoisotopic (exact) mass is 249 g/mol. The smallest absolute Gasteiger partial charge is 0.161 e. The van der Waals surface area contributed by atoms with Crippen LogP contribution >= 0.6 is 0 Å². The van der Waals surface area contributed by atoms with Gasteiger partial charge in [-0.05, 0) is 43.9 Å². The zero-order valence-corrected chi connectivity index (χ0v) is 11.4. The van der Waals surface area contributed by atoms with Crippen LogP contribution in [0.25, 0.3) is 0 Å². The third-order valence-corrected chi connectivity index (χ3v) is 3.78. The summed E-state index contributed by atoms with van der Waals surface area (Å²) >= 11 is 0. The van der Waals surface area contributed by atoms with Crippen LogP contribution in [0, 0.1) is 6.92 Å². The average molecular weight is 249 g/mol. The van der Waals surface area contributed by atoms with Gasteiger partial charge in [0.2, 0.25) is 0 Å². The van der Waals surface area contributed by atoms with Crippen molar-refractivity contribution in [2.75, 3.05) is 13.7 Å². The largest absolute Gasteiger partial charge is 0.493 e. The molecule has 18 heavy (non-hydrogen) atoms. The molecular formula is C15H23NO2. The van der Waals surface area contributed by atoms with Crippen LogP contribution in [0.5, 0.6) is 11.5 Å². The molecule has 1 fully saturated rings. The minimum Gasteiger partial charge on any atom is -0.493 e. The predicted molar refractivity (Wildman–Crippen MR) is 73.2 cm³/mol. The molecule has 0 aliphatic heterocycles. The van der Waals surface area contributed by atoms with E-state index in [1.165, 1.54) is 18.4 Å². The Hall–Kier alpha value is -1.22. The van der Waals surface area contributed by atoms with E-state index in [4.69, 9.17) is 15.2 Å². The molecule has 100 valence electrons. The van der Waals surface area contributed by atoms with Crippen LogP contribution in [0.4, 0.5) is 0 Å². The van der Waals surface area contributed by atoms with Crippen molar-refractivity contribution in [3.8, 4) is 11.5 Å². The number of ether oxygens (including phenoxy) is 2. The lowest BCUT2D eigenvalue weighted by molar-refractivity contribution is 0.248. The Morgan fingerprint density at radius 3 is 2.61 bits per heavy atom. The molecule has 3 nitrogen and oxygen atoms in total. The zero-order chi connectivity index (χ0) is 13.0. The van der Waals surface area contributed by atoms with Gasteiger partial charge in [-0.3, -0.25) is 0 Å². The molecular weight excluding hydrogens is 226 g/mol. The standard InChI is InChI=1S/C15H23NO2/c1-12-5-6-13(14(11-12)17-2)18-10-9-15(16)7-3-4-8-15/h5-6,11H,3-4,7-10,16H2,1-2H3. The summed E-state index contributed by atoms with van der Waals surface area (Å²) in [4.78, 5) is 0. The van der Waals surface area contributed by atoms with Crippen molar-refractivity contribution in [2.24, 2.45) is 5.73 Å². The van der Waals surface area contributed by atoms with Gasteiger partial charge in [0.25, 0.3) is 0 Å². The first-order valence-corrected chi connectivity index (χ1v) is 6.69. The Morgan fingerprint density at radius 2 is 1.94 bits per heavy atom. The highest BCUT2D eigenvalue weighted by Crippen LogP contribution is 2.32. The van der Waals surface area contributed by atoms with Gasteiger partial charge in [0, 0.05) is 5.54 Å². The lowest BCUT2D eigenvalue weighted by atomic mass is 9.95. The number of aryl methyl sites for hydroxylation is 1. The summed E-state index contributed by atoms with van der Waals surface area (Å²) < 4.78 is 11.1. The second-order valence-electron chi connectivity index (χ2n) is 5.32. The minimum absolute atomic E-state index is 0.00205. The second-order valence-corrected chi connectivity index (χ2v) is 5.32. The summed E-state index contributed by atoms with van der Waals surface area (Å²) in [6.45, 7) is 2.70. The van der Waals surface area contributed by atoms with Crippen molar-refractivity contribution in [3.63, 3.8) is 0 Å². The van der Waals surface area contributed by atoms with Gasteiger partial charge in [-0.1, -0.05) is 18.9 Å². The first kappa shape index (κ1) is 13.2. The van der Waals surface area contributed by atoms with E-state index >= 15 is 0 Å². The van der Waals surface area contributed by atoms with E-state index in [1.807, 2.05) is 25.1 Å². The van der Waals surface area contributed by atoms with E-state index in [9.17, 15) is 0 Å². The number of hydrogen-bond donors (Lipinski definition) is 1. The van der Waals surface area contributed by atoms with Gasteiger partial charge >= 0.3 is 0 Å². The number of benzene rings is 1. The molecule has 0 heterocycles. The van der Waals surface area contributed by atoms with Crippen LogP contribution in [-0.4, -0.2) is 19.3 Å². The van der Waals surface area contributed by atoms with Crippen LogP contribution < -0.4 is 15.2 Å². The van der Waals surface area contributed by atoms with Gasteiger partial charge in [0.1, 0.15) is 0 Å². The summed E-state index contributed by atoms with van der Waals surface area (Å²) in [5, 5.41) is 0. The molecule has 2 rings (SSSR count). The lowest BCUT2D eigenvalue weighted by Gasteiger charge is -2.23. The Bertz CT molecular complexity index is 397. The fourth-order valence-electron chi connectivity index (χ4n) is 2.59. The maximum absolute atomic E-state index is 6.31. The SMILES string of the molecule is COc1cc(C)ccc1OCCC1(N)CCCC1. The third kappa shape index (κ3) is 3.16. The molecule has 0 amide bonds. The number of methoxy groups -OCH3 is 1. The summed E-state index contributed by atoms with van der Waals surface area (Å²) in [7, 11) is 1.67. The van der Waals surface area contributed by atoms with Crippen LogP contribution in [0.1, 0.15) is 37.7 Å². The number of hydrogen-bond acceptors (Lipinski definition) is 3. The number of nitrogens with two attached hydrogens (primary N) is 1. The molecule has 1 aromatic carbocycles. The van der Waals surface area contributed by atoms with Crippen molar-refractivity contribution in [1.82, 2.24) is 0 Å². The van der Waals surface area contributed by atoms with E-state index in [0.29, 0.717) is 6.61 Å². The highest BCUT2D eigenvalue weighted by molar-refractivity contribution is 5.42. The summed E-state index contributed by atoms with van der Waals surface area (Å²) in [6.07, 6.45) is 5.68. The highest BCUT2D eigenvalue weighted by Gasteiger charge is 2.28. The van der Waals surface area contributed by atoms with Gasteiger partial charge in [-0.2, -0.15) is 0 Å². The molecule has 1 saturated carbocycles. The van der Waals surface area contributed by atoms with Gasteiger partial charge in [0.15, 0.2) is 11.5 Å². The minimum atomic E-state index is -0.00205. The molecule has 0 saturated heterocycles. The van der Waals surface area contributed by atoms with E-state index < -0.39 is 0 Å². The fourth-order valence-corrected chi connectivity index (χ4v) is 2.59. The van der Waals surface area contributed by atoms with E-state index in [-0.39, 0.29) is 5.54 Å². The Labute approximate surface area is 109 Å². The highest BCUT2D eigenvalue weighted by atomic mass is 16.5. The van der Waals surface area contributed by atoms with Gasteiger partial charge in [0.05, 0.1) is 13.7 Å². The summed E-state index contributed by atoms with van der Waals surface area (Å²) in [6, 6.07) is 5.99. The Balaban J connectivity index is 1.90. The van der Waals surface area contributed by atoms with Crippen LogP contribution in [0.2, 0.25) is 0 Å². The number of rotatable bonds is 5. The van der Waals surface area contributed by atoms with E-state index in [1.54, 1.807) is 7.11 Å². The van der Waals surface area contributed by atoms with Crippen molar-refractivity contribution in [2.45, 2.75) is 44.6 Å².